The summed E-state index contributed by atoms with van der Waals surface area (Å²) in [7, 11) is 1.62. The topological polar surface area (TPSA) is 120 Å². The number of benzene rings is 1. The van der Waals surface area contributed by atoms with Crippen LogP contribution in [0.2, 0.25) is 0 Å². The molecule has 1 aliphatic rings. The maximum absolute atomic E-state index is 5.72. The summed E-state index contributed by atoms with van der Waals surface area (Å²) in [6.07, 6.45) is 2.24. The van der Waals surface area contributed by atoms with Gasteiger partial charge in [0.15, 0.2) is 17.3 Å². The van der Waals surface area contributed by atoms with Gasteiger partial charge in [0.1, 0.15) is 19.5 Å². The van der Waals surface area contributed by atoms with Crippen molar-refractivity contribution in [3.05, 3.63) is 29.9 Å². The molecule has 0 amide bonds. The van der Waals surface area contributed by atoms with Crippen molar-refractivity contribution in [3.63, 3.8) is 0 Å². The van der Waals surface area contributed by atoms with Crippen LogP contribution in [0.4, 0.5) is 0 Å². The van der Waals surface area contributed by atoms with Gasteiger partial charge in [-0.1, -0.05) is 19.0 Å². The van der Waals surface area contributed by atoms with Crippen LogP contribution >= 0.6 is 0 Å². The molecule has 0 aliphatic carbocycles. The Labute approximate surface area is 168 Å². The molecule has 3 heterocycles. The number of aromatic amines is 1. The zero-order chi connectivity index (χ0) is 20.2. The summed E-state index contributed by atoms with van der Waals surface area (Å²) < 4.78 is 22.3. The third-order valence-electron chi connectivity index (χ3n) is 4.51. The Balaban J connectivity index is 1.52. The summed E-state index contributed by atoms with van der Waals surface area (Å²) in [4.78, 5) is 8.54. The van der Waals surface area contributed by atoms with Gasteiger partial charge in [-0.25, -0.2) is 4.98 Å². The van der Waals surface area contributed by atoms with Crippen molar-refractivity contribution in [3.8, 4) is 28.9 Å². The molecular formula is C19H24N6O4. The number of nitrogens with one attached hydrogen (secondary N) is 2. The molecule has 154 valence electrons. The molecule has 10 heteroatoms. The predicted octanol–water partition coefficient (Wildman–Crippen LogP) is 2.51. The molecule has 0 saturated carbocycles. The van der Waals surface area contributed by atoms with Gasteiger partial charge in [-0.3, -0.25) is 5.10 Å². The Morgan fingerprint density at radius 1 is 1.24 bits per heavy atom. The third-order valence-corrected chi connectivity index (χ3v) is 4.51. The first-order valence-corrected chi connectivity index (χ1v) is 9.53. The van der Waals surface area contributed by atoms with Crippen LogP contribution in [0.5, 0.6) is 17.2 Å². The lowest BCUT2D eigenvalue weighted by Crippen LogP contribution is -2.23. The van der Waals surface area contributed by atoms with Crippen molar-refractivity contribution in [1.82, 2.24) is 30.6 Å². The summed E-state index contributed by atoms with van der Waals surface area (Å²) in [5.41, 5.74) is 1.01. The minimum absolute atomic E-state index is 0.113. The van der Waals surface area contributed by atoms with E-state index in [1.165, 1.54) is 6.33 Å². The van der Waals surface area contributed by atoms with Crippen LogP contribution in [0.25, 0.3) is 11.6 Å². The van der Waals surface area contributed by atoms with Gasteiger partial charge < -0.3 is 24.1 Å². The van der Waals surface area contributed by atoms with Crippen molar-refractivity contribution in [1.29, 1.82) is 0 Å². The first-order chi connectivity index (χ1) is 14.1. The molecule has 29 heavy (non-hydrogen) atoms. The molecule has 0 fully saturated rings. The second-order valence-electron chi connectivity index (χ2n) is 7.18. The first kappa shape index (κ1) is 19.2. The van der Waals surface area contributed by atoms with E-state index in [4.69, 9.17) is 18.7 Å². The van der Waals surface area contributed by atoms with Gasteiger partial charge >= 0.3 is 0 Å². The number of fused-ring (bicyclic) bond motifs is 1. The highest BCUT2D eigenvalue weighted by Crippen LogP contribution is 2.40. The first-order valence-electron chi connectivity index (χ1n) is 9.53. The Hall–Kier alpha value is -3.14. The van der Waals surface area contributed by atoms with Crippen LogP contribution in [-0.2, 0) is 6.54 Å². The predicted molar refractivity (Wildman–Crippen MR) is 103 cm³/mol. The lowest BCUT2D eigenvalue weighted by molar-refractivity contribution is 0.165. The van der Waals surface area contributed by atoms with E-state index in [0.29, 0.717) is 60.5 Å². The fourth-order valence-electron chi connectivity index (χ4n) is 3.20. The maximum atomic E-state index is 5.72. The minimum Gasteiger partial charge on any atom is -0.493 e. The van der Waals surface area contributed by atoms with Crippen molar-refractivity contribution in [2.75, 3.05) is 20.3 Å². The Morgan fingerprint density at radius 3 is 2.86 bits per heavy atom. The van der Waals surface area contributed by atoms with Crippen LogP contribution < -0.4 is 19.5 Å². The second-order valence-corrected chi connectivity index (χ2v) is 7.18. The van der Waals surface area contributed by atoms with E-state index in [1.54, 1.807) is 7.11 Å². The second kappa shape index (κ2) is 8.48. The van der Waals surface area contributed by atoms with Crippen molar-refractivity contribution in [2.45, 2.75) is 32.9 Å². The van der Waals surface area contributed by atoms with Crippen molar-refractivity contribution in [2.24, 2.45) is 5.92 Å². The molecule has 2 N–H and O–H groups in total. The standard InChI is InChI=1S/C19H24N6O4/c1-11(2)6-13(19-23-18(25-29-19)17-21-10-22-24-17)20-9-12-7-14(26-3)16-15(8-12)27-4-5-28-16/h7-8,10-11,13,20H,4-6,9H2,1-3H3,(H,21,22,24)/t13-/m0/s1. The van der Waals surface area contributed by atoms with Gasteiger partial charge in [-0.05, 0) is 30.0 Å². The highest BCUT2D eigenvalue weighted by molar-refractivity contribution is 5.54. The smallest absolute Gasteiger partial charge is 0.244 e. The quantitative estimate of drug-likeness (QED) is 0.587. The fourth-order valence-corrected chi connectivity index (χ4v) is 3.20. The van der Waals surface area contributed by atoms with Gasteiger partial charge in [0.05, 0.1) is 13.2 Å². The fraction of sp³-hybridized carbons (Fsp3) is 0.474. The molecule has 1 atom stereocenters. The highest BCUT2D eigenvalue weighted by Gasteiger charge is 2.23. The molecule has 2 aromatic heterocycles. The van der Waals surface area contributed by atoms with Gasteiger partial charge in [-0.15, -0.1) is 0 Å². The van der Waals surface area contributed by atoms with Crippen LogP contribution in [-0.4, -0.2) is 45.6 Å². The van der Waals surface area contributed by atoms with Gasteiger partial charge in [0.2, 0.25) is 17.5 Å². The van der Waals surface area contributed by atoms with Crippen molar-refractivity contribution >= 4 is 0 Å². The number of nitrogens with zero attached hydrogens (tertiary/aromatic N) is 4. The summed E-state index contributed by atoms with van der Waals surface area (Å²) in [5, 5.41) is 14.1. The van der Waals surface area contributed by atoms with Crippen LogP contribution in [0, 0.1) is 5.92 Å². The molecule has 0 bridgehead atoms. The average Bonchev–Trinajstić information content (AvgIpc) is 3.41. The molecule has 0 spiro atoms. The van der Waals surface area contributed by atoms with E-state index in [9.17, 15) is 0 Å². The summed E-state index contributed by atoms with van der Waals surface area (Å²) >= 11 is 0. The molecule has 0 radical (unpaired) electrons. The van der Waals surface area contributed by atoms with E-state index in [1.807, 2.05) is 12.1 Å². The zero-order valence-corrected chi connectivity index (χ0v) is 16.6. The van der Waals surface area contributed by atoms with E-state index in [0.717, 1.165) is 12.0 Å². The normalized spacial score (nSPS) is 14.2. The molecular weight excluding hydrogens is 376 g/mol. The SMILES string of the molecule is COc1cc(CN[C@@H](CC(C)C)c2nc(-c3ncn[nH]3)no2)cc2c1OCCO2. The number of methoxy groups -OCH3 is 1. The summed E-state index contributed by atoms with van der Waals surface area (Å²) in [5.74, 6) is 3.80. The Bertz CT molecular complexity index is 923. The van der Waals surface area contributed by atoms with E-state index >= 15 is 0 Å². The molecule has 3 aromatic rings. The van der Waals surface area contributed by atoms with E-state index < -0.39 is 0 Å². The molecule has 1 aliphatic heterocycles. The number of hydrogen-bond donors (Lipinski definition) is 2. The molecule has 1 aromatic carbocycles. The van der Waals surface area contributed by atoms with E-state index in [2.05, 4.69) is 44.5 Å². The number of hydrogen-bond acceptors (Lipinski definition) is 9. The number of ether oxygens (including phenoxy) is 3. The Morgan fingerprint density at radius 2 is 2.10 bits per heavy atom. The minimum atomic E-state index is -0.113. The number of rotatable bonds is 8. The lowest BCUT2D eigenvalue weighted by atomic mass is 10.0. The van der Waals surface area contributed by atoms with Gasteiger partial charge in [0.25, 0.3) is 0 Å². The average molecular weight is 400 g/mol. The van der Waals surface area contributed by atoms with Crippen LogP contribution in [0.15, 0.2) is 23.0 Å². The summed E-state index contributed by atoms with van der Waals surface area (Å²) in [6, 6.07) is 3.80. The molecule has 4 rings (SSSR count). The highest BCUT2D eigenvalue weighted by atomic mass is 16.6. The van der Waals surface area contributed by atoms with Crippen LogP contribution in [0.3, 0.4) is 0 Å². The monoisotopic (exact) mass is 400 g/mol. The largest absolute Gasteiger partial charge is 0.493 e. The lowest BCUT2D eigenvalue weighted by Gasteiger charge is -2.22. The van der Waals surface area contributed by atoms with E-state index in [-0.39, 0.29) is 6.04 Å². The molecule has 0 saturated heterocycles. The van der Waals surface area contributed by atoms with Gasteiger partial charge in [-0.2, -0.15) is 10.1 Å². The third kappa shape index (κ3) is 4.32. The summed E-state index contributed by atoms with van der Waals surface area (Å²) in [6.45, 7) is 5.91. The number of aromatic nitrogens is 5. The van der Waals surface area contributed by atoms with Gasteiger partial charge in [0, 0.05) is 6.54 Å². The number of H-pyrrole nitrogens is 1. The maximum Gasteiger partial charge on any atom is 0.244 e. The molecule has 10 nitrogen and oxygen atoms in total. The van der Waals surface area contributed by atoms with Crippen molar-refractivity contribution < 1.29 is 18.7 Å². The molecule has 0 unspecified atom stereocenters. The zero-order valence-electron chi connectivity index (χ0n) is 16.6. The van der Waals surface area contributed by atoms with Crippen LogP contribution in [0.1, 0.15) is 37.8 Å². The Kier molecular flexibility index (Phi) is 5.61.